The molecule has 0 saturated carbocycles. The molecule has 0 spiro atoms. The van der Waals surface area contributed by atoms with Gasteiger partial charge < -0.3 is 16.4 Å². The molecule has 0 aromatic heterocycles. The van der Waals surface area contributed by atoms with Crippen molar-refractivity contribution in [1.82, 2.24) is 10.6 Å². The van der Waals surface area contributed by atoms with Crippen molar-refractivity contribution in [3.05, 3.63) is 71.3 Å². The standard InChI is InChI=1S/C21H22F3N3O3/c1-13(28)26-18(11-14-7-3-2-4-8-14)20(30)27-17(19(25)29)12-15-9-5-6-10-16(15)21(22,23)24/h2-10,17-18H,11-12H2,1H3,(H2,25,29)(H,26,28)(H,27,30)/t17-,18+/m0/s1. The average molecular weight is 421 g/mol. The van der Waals surface area contributed by atoms with Crippen molar-refractivity contribution in [3.8, 4) is 0 Å². The maximum Gasteiger partial charge on any atom is 0.416 e. The molecule has 0 aliphatic carbocycles. The Bertz CT molecular complexity index is 901. The molecule has 160 valence electrons. The number of carbonyl (C=O) groups excluding carboxylic acids is 3. The number of hydrogen-bond donors (Lipinski definition) is 3. The van der Waals surface area contributed by atoms with E-state index in [1.807, 2.05) is 0 Å². The summed E-state index contributed by atoms with van der Waals surface area (Å²) in [4.78, 5) is 36.1. The van der Waals surface area contributed by atoms with Gasteiger partial charge in [0.15, 0.2) is 0 Å². The van der Waals surface area contributed by atoms with Gasteiger partial charge in [-0.1, -0.05) is 48.5 Å². The number of halogens is 3. The second-order valence-corrected chi connectivity index (χ2v) is 6.77. The van der Waals surface area contributed by atoms with Crippen LogP contribution < -0.4 is 16.4 Å². The number of primary amides is 1. The van der Waals surface area contributed by atoms with Crippen LogP contribution in [0.3, 0.4) is 0 Å². The van der Waals surface area contributed by atoms with Crippen LogP contribution in [0, 0.1) is 0 Å². The molecule has 0 bridgehead atoms. The van der Waals surface area contributed by atoms with Crippen molar-refractivity contribution in [2.75, 3.05) is 0 Å². The summed E-state index contributed by atoms with van der Waals surface area (Å²) in [6.07, 6.45) is -4.92. The first kappa shape index (κ1) is 22.9. The second-order valence-electron chi connectivity index (χ2n) is 6.77. The predicted molar refractivity (Wildman–Crippen MR) is 104 cm³/mol. The zero-order valence-electron chi connectivity index (χ0n) is 16.2. The van der Waals surface area contributed by atoms with Crippen LogP contribution in [0.15, 0.2) is 54.6 Å². The van der Waals surface area contributed by atoms with Gasteiger partial charge in [-0.25, -0.2) is 0 Å². The minimum absolute atomic E-state index is 0.136. The Morgan fingerprint density at radius 3 is 2.07 bits per heavy atom. The summed E-state index contributed by atoms with van der Waals surface area (Å²) in [5, 5.41) is 4.86. The van der Waals surface area contributed by atoms with Gasteiger partial charge in [-0.05, 0) is 17.2 Å². The number of nitrogens with two attached hydrogens (primary N) is 1. The van der Waals surface area contributed by atoms with Gasteiger partial charge in [0.05, 0.1) is 5.56 Å². The highest BCUT2D eigenvalue weighted by atomic mass is 19.4. The normalized spacial score (nSPS) is 13.2. The highest BCUT2D eigenvalue weighted by Crippen LogP contribution is 2.32. The van der Waals surface area contributed by atoms with Crippen LogP contribution in [-0.2, 0) is 33.4 Å². The van der Waals surface area contributed by atoms with Gasteiger partial charge in [0.1, 0.15) is 12.1 Å². The van der Waals surface area contributed by atoms with Crippen LogP contribution in [0.5, 0.6) is 0 Å². The average Bonchev–Trinajstić information content (AvgIpc) is 2.67. The molecule has 0 radical (unpaired) electrons. The van der Waals surface area contributed by atoms with Crippen molar-refractivity contribution in [1.29, 1.82) is 0 Å². The summed E-state index contributed by atoms with van der Waals surface area (Å²) < 4.78 is 39.7. The summed E-state index contributed by atoms with van der Waals surface area (Å²) in [5.41, 5.74) is 5.00. The van der Waals surface area contributed by atoms with Crippen molar-refractivity contribution in [3.63, 3.8) is 0 Å². The van der Waals surface area contributed by atoms with Crippen LogP contribution in [-0.4, -0.2) is 29.8 Å². The Kier molecular flexibility index (Phi) is 7.57. The molecule has 30 heavy (non-hydrogen) atoms. The molecule has 2 aromatic rings. The monoisotopic (exact) mass is 421 g/mol. The maximum absolute atomic E-state index is 13.2. The molecule has 2 atom stereocenters. The maximum atomic E-state index is 13.2. The van der Waals surface area contributed by atoms with Crippen molar-refractivity contribution < 1.29 is 27.6 Å². The van der Waals surface area contributed by atoms with Crippen LogP contribution in [0.1, 0.15) is 23.6 Å². The quantitative estimate of drug-likeness (QED) is 0.607. The van der Waals surface area contributed by atoms with Crippen LogP contribution in [0.25, 0.3) is 0 Å². The lowest BCUT2D eigenvalue weighted by Gasteiger charge is -2.23. The highest BCUT2D eigenvalue weighted by Gasteiger charge is 2.34. The van der Waals surface area contributed by atoms with Gasteiger partial charge in [0.2, 0.25) is 17.7 Å². The van der Waals surface area contributed by atoms with Gasteiger partial charge in [-0.3, -0.25) is 14.4 Å². The molecule has 3 amide bonds. The lowest BCUT2D eigenvalue weighted by molar-refractivity contribution is -0.138. The van der Waals surface area contributed by atoms with E-state index in [0.29, 0.717) is 0 Å². The molecule has 6 nitrogen and oxygen atoms in total. The van der Waals surface area contributed by atoms with Crippen molar-refractivity contribution in [2.24, 2.45) is 5.73 Å². The van der Waals surface area contributed by atoms with Crippen LogP contribution in [0.2, 0.25) is 0 Å². The Labute approximate surface area is 171 Å². The van der Waals surface area contributed by atoms with Gasteiger partial charge in [0.25, 0.3) is 0 Å². The molecular formula is C21H22F3N3O3. The number of alkyl halides is 3. The third kappa shape index (κ3) is 6.61. The van der Waals surface area contributed by atoms with E-state index in [0.717, 1.165) is 11.6 Å². The van der Waals surface area contributed by atoms with E-state index in [9.17, 15) is 27.6 Å². The highest BCUT2D eigenvalue weighted by molar-refractivity contribution is 5.91. The summed E-state index contributed by atoms with van der Waals surface area (Å²) in [6.45, 7) is 1.23. The van der Waals surface area contributed by atoms with Crippen LogP contribution >= 0.6 is 0 Å². The molecule has 2 aromatic carbocycles. The van der Waals surface area contributed by atoms with E-state index in [1.54, 1.807) is 30.3 Å². The third-order valence-electron chi connectivity index (χ3n) is 4.38. The SMILES string of the molecule is CC(=O)N[C@H](Cc1ccccc1)C(=O)N[C@@H](Cc1ccccc1C(F)(F)F)C(N)=O. The van der Waals surface area contributed by atoms with Gasteiger partial charge in [-0.15, -0.1) is 0 Å². The van der Waals surface area contributed by atoms with E-state index in [4.69, 9.17) is 5.73 Å². The molecule has 0 aliphatic heterocycles. The molecule has 0 heterocycles. The van der Waals surface area contributed by atoms with Crippen LogP contribution in [0.4, 0.5) is 13.2 Å². The Hall–Kier alpha value is -3.36. The second kappa shape index (κ2) is 9.91. The fraction of sp³-hybridized carbons (Fsp3) is 0.286. The molecule has 0 saturated heterocycles. The zero-order valence-corrected chi connectivity index (χ0v) is 16.2. The summed E-state index contributed by atoms with van der Waals surface area (Å²) in [6, 6.07) is 11.2. The first-order chi connectivity index (χ1) is 14.1. The summed E-state index contributed by atoms with van der Waals surface area (Å²) in [5.74, 6) is -2.17. The fourth-order valence-electron chi connectivity index (χ4n) is 2.99. The van der Waals surface area contributed by atoms with Gasteiger partial charge in [0, 0.05) is 19.8 Å². The lowest BCUT2D eigenvalue weighted by Crippen LogP contribution is -2.54. The number of amides is 3. The van der Waals surface area contributed by atoms with Gasteiger partial charge in [-0.2, -0.15) is 13.2 Å². The van der Waals surface area contributed by atoms with E-state index in [1.165, 1.54) is 25.1 Å². The summed E-state index contributed by atoms with van der Waals surface area (Å²) in [7, 11) is 0. The Morgan fingerprint density at radius 2 is 1.50 bits per heavy atom. The first-order valence-electron chi connectivity index (χ1n) is 9.13. The predicted octanol–water partition coefficient (Wildman–Crippen LogP) is 1.97. The lowest BCUT2D eigenvalue weighted by atomic mass is 9.98. The van der Waals surface area contributed by atoms with E-state index >= 15 is 0 Å². The molecule has 9 heteroatoms. The number of rotatable bonds is 8. The molecule has 0 unspecified atom stereocenters. The smallest absolute Gasteiger partial charge is 0.368 e. The zero-order chi connectivity index (χ0) is 22.3. The van der Waals surface area contributed by atoms with E-state index in [2.05, 4.69) is 10.6 Å². The molecule has 4 N–H and O–H groups in total. The molecule has 2 rings (SSSR count). The number of carbonyl (C=O) groups is 3. The summed E-state index contributed by atoms with van der Waals surface area (Å²) >= 11 is 0. The number of benzene rings is 2. The first-order valence-corrected chi connectivity index (χ1v) is 9.13. The topological polar surface area (TPSA) is 101 Å². The number of nitrogens with one attached hydrogen (secondary N) is 2. The Balaban J connectivity index is 2.21. The van der Waals surface area contributed by atoms with Gasteiger partial charge >= 0.3 is 6.18 Å². The molecule has 0 fully saturated rings. The fourth-order valence-corrected chi connectivity index (χ4v) is 2.99. The Morgan fingerprint density at radius 1 is 0.900 bits per heavy atom. The van der Waals surface area contributed by atoms with Crippen molar-refractivity contribution >= 4 is 17.7 Å². The number of hydrogen-bond acceptors (Lipinski definition) is 3. The van der Waals surface area contributed by atoms with E-state index in [-0.39, 0.29) is 12.0 Å². The van der Waals surface area contributed by atoms with Crippen molar-refractivity contribution in [2.45, 2.75) is 38.0 Å². The minimum atomic E-state index is -4.62. The third-order valence-corrected chi connectivity index (χ3v) is 4.38. The largest absolute Gasteiger partial charge is 0.416 e. The minimum Gasteiger partial charge on any atom is -0.368 e. The molecule has 0 aliphatic rings. The molecular weight excluding hydrogens is 399 g/mol. The van der Waals surface area contributed by atoms with E-state index < -0.39 is 48.0 Å².